The molecule has 0 amide bonds. The number of nitriles is 1. The van der Waals surface area contributed by atoms with E-state index in [1.54, 1.807) is 12.4 Å². The molecule has 1 aliphatic heterocycles. The Morgan fingerprint density at radius 2 is 2.15 bits per heavy atom. The van der Waals surface area contributed by atoms with E-state index < -0.39 is 0 Å². The Labute approximate surface area is 77.0 Å². The van der Waals surface area contributed by atoms with Crippen LogP contribution in [0.1, 0.15) is 5.56 Å². The minimum atomic E-state index is -0.276. The predicted octanol–water partition coefficient (Wildman–Crippen LogP) is 1.16. The van der Waals surface area contributed by atoms with Crippen molar-refractivity contribution in [1.82, 2.24) is 4.98 Å². The highest BCUT2D eigenvalue weighted by Gasteiger charge is 2.38. The first kappa shape index (κ1) is 8.21. The van der Waals surface area contributed by atoms with Crippen molar-refractivity contribution >= 4 is 0 Å². The molecule has 0 aromatic carbocycles. The Hall–Kier alpha value is -1.40. The van der Waals surface area contributed by atoms with Crippen molar-refractivity contribution in [1.29, 1.82) is 5.26 Å². The summed E-state index contributed by atoms with van der Waals surface area (Å²) in [5.41, 5.74) is 0.876. The molecule has 1 fully saturated rings. The zero-order valence-corrected chi connectivity index (χ0v) is 7.23. The molecule has 0 radical (unpaired) electrons. The minimum absolute atomic E-state index is 0.276. The molecule has 3 nitrogen and oxygen atoms in total. The third-order valence-electron chi connectivity index (χ3n) is 2.29. The Bertz CT molecular complexity index is 325. The van der Waals surface area contributed by atoms with Gasteiger partial charge in [-0.15, -0.1) is 0 Å². The average Bonchev–Trinajstić information content (AvgIpc) is 2.13. The van der Waals surface area contributed by atoms with E-state index >= 15 is 0 Å². The summed E-state index contributed by atoms with van der Waals surface area (Å²) in [4.78, 5) is 3.93. The van der Waals surface area contributed by atoms with Crippen molar-refractivity contribution in [2.24, 2.45) is 5.41 Å². The van der Waals surface area contributed by atoms with Gasteiger partial charge < -0.3 is 4.74 Å². The number of ether oxygens (including phenoxy) is 1. The molecular formula is C10H10N2O. The lowest BCUT2D eigenvalue weighted by atomic mass is 9.81. The summed E-state index contributed by atoms with van der Waals surface area (Å²) >= 11 is 0. The second-order valence-corrected chi connectivity index (χ2v) is 3.42. The first-order chi connectivity index (χ1) is 6.35. The number of pyridine rings is 1. The van der Waals surface area contributed by atoms with E-state index in [0.29, 0.717) is 13.2 Å². The molecule has 0 unspecified atom stereocenters. The molecule has 0 aliphatic carbocycles. The van der Waals surface area contributed by atoms with E-state index in [0.717, 1.165) is 12.0 Å². The van der Waals surface area contributed by atoms with Gasteiger partial charge in [0.2, 0.25) is 0 Å². The predicted molar refractivity (Wildman–Crippen MR) is 46.8 cm³/mol. The maximum Gasteiger partial charge on any atom is 0.108 e. The van der Waals surface area contributed by atoms with Gasteiger partial charge in [0.25, 0.3) is 0 Å². The number of hydrogen-bond acceptors (Lipinski definition) is 3. The van der Waals surface area contributed by atoms with Crippen LogP contribution in [0, 0.1) is 16.7 Å². The summed E-state index contributed by atoms with van der Waals surface area (Å²) in [5, 5.41) is 8.95. The van der Waals surface area contributed by atoms with Crippen LogP contribution in [0.2, 0.25) is 0 Å². The fourth-order valence-electron chi connectivity index (χ4n) is 1.45. The van der Waals surface area contributed by atoms with Crippen LogP contribution in [0.15, 0.2) is 24.5 Å². The lowest BCUT2D eigenvalue weighted by Gasteiger charge is -2.34. The van der Waals surface area contributed by atoms with Gasteiger partial charge in [0.1, 0.15) is 5.41 Å². The Morgan fingerprint density at radius 1 is 1.46 bits per heavy atom. The first-order valence-corrected chi connectivity index (χ1v) is 4.23. The monoisotopic (exact) mass is 174 g/mol. The highest BCUT2D eigenvalue weighted by Crippen LogP contribution is 2.30. The summed E-state index contributed by atoms with van der Waals surface area (Å²) in [6.45, 7) is 1.12. The highest BCUT2D eigenvalue weighted by molar-refractivity contribution is 5.18. The van der Waals surface area contributed by atoms with Crippen molar-refractivity contribution in [3.8, 4) is 6.07 Å². The molecule has 0 atom stereocenters. The standard InChI is InChI=1S/C10H10N2O/c11-6-10(7-13-8-10)5-9-1-3-12-4-2-9/h1-4H,5,7-8H2. The largest absolute Gasteiger partial charge is 0.378 e. The number of nitrogens with zero attached hydrogens (tertiary/aromatic N) is 2. The summed E-state index contributed by atoms with van der Waals surface area (Å²) < 4.78 is 5.06. The van der Waals surface area contributed by atoms with Crippen LogP contribution in [0.5, 0.6) is 0 Å². The van der Waals surface area contributed by atoms with Gasteiger partial charge >= 0.3 is 0 Å². The van der Waals surface area contributed by atoms with Crippen molar-refractivity contribution in [3.05, 3.63) is 30.1 Å². The summed E-state index contributed by atoms with van der Waals surface area (Å²) in [5.74, 6) is 0. The first-order valence-electron chi connectivity index (χ1n) is 4.23. The molecule has 13 heavy (non-hydrogen) atoms. The second kappa shape index (κ2) is 3.15. The number of hydrogen-bond donors (Lipinski definition) is 0. The molecule has 0 bridgehead atoms. The van der Waals surface area contributed by atoms with Crippen molar-refractivity contribution in [3.63, 3.8) is 0 Å². The van der Waals surface area contributed by atoms with E-state index in [-0.39, 0.29) is 5.41 Å². The van der Waals surface area contributed by atoms with Gasteiger partial charge in [-0.05, 0) is 24.1 Å². The van der Waals surface area contributed by atoms with Crippen LogP contribution in [0.4, 0.5) is 0 Å². The Kier molecular flexibility index (Phi) is 1.99. The smallest absolute Gasteiger partial charge is 0.108 e. The van der Waals surface area contributed by atoms with Gasteiger partial charge in [-0.25, -0.2) is 0 Å². The van der Waals surface area contributed by atoms with E-state index in [4.69, 9.17) is 10.00 Å². The zero-order valence-electron chi connectivity index (χ0n) is 7.23. The zero-order chi connectivity index (χ0) is 9.15. The van der Waals surface area contributed by atoms with E-state index in [9.17, 15) is 0 Å². The van der Waals surface area contributed by atoms with Crippen molar-refractivity contribution in [2.75, 3.05) is 13.2 Å². The van der Waals surface area contributed by atoms with Crippen LogP contribution >= 0.6 is 0 Å². The minimum Gasteiger partial charge on any atom is -0.378 e. The molecule has 1 aromatic rings. The van der Waals surface area contributed by atoms with Gasteiger partial charge in [-0.1, -0.05) is 0 Å². The molecule has 1 aromatic heterocycles. The average molecular weight is 174 g/mol. The Morgan fingerprint density at radius 3 is 2.62 bits per heavy atom. The third kappa shape index (κ3) is 1.53. The molecule has 2 rings (SSSR count). The quantitative estimate of drug-likeness (QED) is 0.676. The molecule has 66 valence electrons. The van der Waals surface area contributed by atoms with E-state index in [2.05, 4.69) is 11.1 Å². The number of aromatic nitrogens is 1. The molecule has 0 N–H and O–H groups in total. The maximum absolute atomic E-state index is 8.95. The topological polar surface area (TPSA) is 45.9 Å². The summed E-state index contributed by atoms with van der Waals surface area (Å²) in [7, 11) is 0. The molecule has 2 heterocycles. The van der Waals surface area contributed by atoms with Crippen LogP contribution in [0.25, 0.3) is 0 Å². The molecule has 0 spiro atoms. The lowest BCUT2D eigenvalue weighted by molar-refractivity contribution is -0.0765. The van der Waals surface area contributed by atoms with Gasteiger partial charge in [-0.3, -0.25) is 4.98 Å². The lowest BCUT2D eigenvalue weighted by Crippen LogP contribution is -2.43. The SMILES string of the molecule is N#CC1(Cc2ccncc2)COC1. The normalized spacial score (nSPS) is 18.7. The van der Waals surface area contributed by atoms with Crippen molar-refractivity contribution < 1.29 is 4.74 Å². The molecular weight excluding hydrogens is 164 g/mol. The highest BCUT2D eigenvalue weighted by atomic mass is 16.5. The van der Waals surface area contributed by atoms with Crippen LogP contribution in [-0.2, 0) is 11.2 Å². The fourth-order valence-corrected chi connectivity index (χ4v) is 1.45. The molecule has 1 saturated heterocycles. The van der Waals surface area contributed by atoms with Crippen LogP contribution < -0.4 is 0 Å². The van der Waals surface area contributed by atoms with Gasteiger partial charge in [0.05, 0.1) is 19.3 Å². The molecule has 1 aliphatic rings. The number of rotatable bonds is 2. The summed E-state index contributed by atoms with van der Waals surface area (Å²) in [6, 6.07) is 6.20. The van der Waals surface area contributed by atoms with E-state index in [1.807, 2.05) is 12.1 Å². The molecule has 3 heteroatoms. The van der Waals surface area contributed by atoms with Crippen LogP contribution in [0.3, 0.4) is 0 Å². The van der Waals surface area contributed by atoms with E-state index in [1.165, 1.54) is 0 Å². The van der Waals surface area contributed by atoms with Crippen molar-refractivity contribution in [2.45, 2.75) is 6.42 Å². The van der Waals surface area contributed by atoms with Gasteiger partial charge in [-0.2, -0.15) is 5.26 Å². The second-order valence-electron chi connectivity index (χ2n) is 3.42. The summed E-state index contributed by atoms with van der Waals surface area (Å²) in [6.07, 6.45) is 4.27. The third-order valence-corrected chi connectivity index (χ3v) is 2.29. The molecule has 0 saturated carbocycles. The van der Waals surface area contributed by atoms with Crippen LogP contribution in [-0.4, -0.2) is 18.2 Å². The fraction of sp³-hybridized carbons (Fsp3) is 0.400. The van der Waals surface area contributed by atoms with Gasteiger partial charge in [0, 0.05) is 12.4 Å². The Balaban J connectivity index is 2.10. The maximum atomic E-state index is 8.95. The van der Waals surface area contributed by atoms with Gasteiger partial charge in [0.15, 0.2) is 0 Å².